The van der Waals surface area contributed by atoms with Crippen LogP contribution in [0, 0.1) is 0 Å². The van der Waals surface area contributed by atoms with Gasteiger partial charge in [0, 0.05) is 12.3 Å². The van der Waals surface area contributed by atoms with Gasteiger partial charge in [-0.15, -0.1) is 0 Å². The second kappa shape index (κ2) is 4.90. The summed E-state index contributed by atoms with van der Waals surface area (Å²) in [4.78, 5) is 23.1. The van der Waals surface area contributed by atoms with E-state index in [0.717, 1.165) is 18.4 Å². The molecule has 2 aliphatic rings. The van der Waals surface area contributed by atoms with Crippen molar-refractivity contribution in [2.45, 2.75) is 37.2 Å². The second-order valence-electron chi connectivity index (χ2n) is 5.46. The molecule has 1 saturated carbocycles. The highest BCUT2D eigenvalue weighted by molar-refractivity contribution is 5.94. The maximum atomic E-state index is 11.9. The summed E-state index contributed by atoms with van der Waals surface area (Å²) in [5.74, 6) is -0.900. The molecule has 1 atom stereocenters. The lowest BCUT2D eigenvalue weighted by atomic mass is 9.96. The van der Waals surface area contributed by atoms with Crippen LogP contribution in [0.1, 0.15) is 31.2 Å². The van der Waals surface area contributed by atoms with E-state index in [1.807, 2.05) is 0 Å². The number of carboxylic acids is 1. The third-order valence-corrected chi connectivity index (χ3v) is 4.09. The maximum Gasteiger partial charge on any atom is 0.314 e. The van der Waals surface area contributed by atoms with Crippen molar-refractivity contribution in [2.24, 2.45) is 0 Å². The summed E-state index contributed by atoms with van der Waals surface area (Å²) < 4.78 is 5.32. The van der Waals surface area contributed by atoms with Gasteiger partial charge in [0.25, 0.3) is 5.91 Å². The topological polar surface area (TPSA) is 75.6 Å². The smallest absolute Gasteiger partial charge is 0.314 e. The Kier molecular flexibility index (Phi) is 3.22. The van der Waals surface area contributed by atoms with Gasteiger partial charge in [0.1, 0.15) is 6.10 Å². The Balaban J connectivity index is 1.67. The molecular weight excluding hydrogens is 258 g/mol. The molecule has 20 heavy (non-hydrogen) atoms. The Morgan fingerprint density at radius 2 is 1.95 bits per heavy atom. The number of carbonyl (C=O) groups excluding carboxylic acids is 1. The number of hydrogen-bond acceptors (Lipinski definition) is 3. The van der Waals surface area contributed by atoms with Gasteiger partial charge in [0.05, 0.1) is 5.41 Å². The third kappa shape index (κ3) is 2.29. The molecule has 0 unspecified atom stereocenters. The average molecular weight is 275 g/mol. The standard InChI is InChI=1S/C15H17NO4/c17-13(12-2-1-9-20-12)16-11-5-3-10(4-6-11)15(7-8-15)14(18)19/h3-6,12H,1-2,7-9H2,(H,16,17)(H,18,19)/t12-/m1/s1. The van der Waals surface area contributed by atoms with E-state index in [1.165, 1.54) is 0 Å². The molecule has 1 amide bonds. The van der Waals surface area contributed by atoms with Crippen LogP contribution in [-0.4, -0.2) is 29.7 Å². The molecule has 1 aromatic carbocycles. The summed E-state index contributed by atoms with van der Waals surface area (Å²) >= 11 is 0. The van der Waals surface area contributed by atoms with Gasteiger partial charge in [0.15, 0.2) is 0 Å². The molecule has 1 aliphatic heterocycles. The minimum absolute atomic E-state index is 0.130. The number of carbonyl (C=O) groups is 2. The molecule has 2 fully saturated rings. The summed E-state index contributed by atoms with van der Waals surface area (Å²) in [7, 11) is 0. The number of carboxylic acid groups (broad SMARTS) is 1. The fourth-order valence-electron chi connectivity index (χ4n) is 2.63. The van der Waals surface area contributed by atoms with E-state index in [9.17, 15) is 14.7 Å². The zero-order chi connectivity index (χ0) is 14.2. The van der Waals surface area contributed by atoms with Gasteiger partial charge in [-0.3, -0.25) is 9.59 Å². The normalized spacial score (nSPS) is 23.3. The van der Waals surface area contributed by atoms with Crippen LogP contribution < -0.4 is 5.32 Å². The Morgan fingerprint density at radius 3 is 2.45 bits per heavy atom. The Bertz CT molecular complexity index is 527. The zero-order valence-electron chi connectivity index (χ0n) is 11.1. The second-order valence-corrected chi connectivity index (χ2v) is 5.46. The molecule has 5 heteroatoms. The third-order valence-electron chi connectivity index (χ3n) is 4.09. The number of amides is 1. The highest BCUT2D eigenvalue weighted by atomic mass is 16.5. The number of nitrogens with one attached hydrogen (secondary N) is 1. The van der Waals surface area contributed by atoms with Crippen molar-refractivity contribution in [2.75, 3.05) is 11.9 Å². The number of aliphatic carboxylic acids is 1. The number of ether oxygens (including phenoxy) is 1. The molecule has 2 N–H and O–H groups in total. The number of hydrogen-bond donors (Lipinski definition) is 2. The maximum absolute atomic E-state index is 11.9. The van der Waals surface area contributed by atoms with Crippen LogP contribution >= 0.6 is 0 Å². The molecule has 1 aliphatic carbocycles. The van der Waals surface area contributed by atoms with Crippen LogP contribution in [0.25, 0.3) is 0 Å². The molecular formula is C15H17NO4. The minimum Gasteiger partial charge on any atom is -0.481 e. The minimum atomic E-state index is -0.770. The van der Waals surface area contributed by atoms with Crippen LogP contribution in [0.15, 0.2) is 24.3 Å². The number of benzene rings is 1. The summed E-state index contributed by atoms with van der Waals surface area (Å²) in [5.41, 5.74) is 0.785. The fraction of sp³-hybridized carbons (Fsp3) is 0.467. The van der Waals surface area contributed by atoms with Crippen molar-refractivity contribution in [3.05, 3.63) is 29.8 Å². The van der Waals surface area contributed by atoms with Crippen LogP contribution in [0.2, 0.25) is 0 Å². The molecule has 5 nitrogen and oxygen atoms in total. The van der Waals surface area contributed by atoms with Crippen LogP contribution in [0.4, 0.5) is 5.69 Å². The van der Waals surface area contributed by atoms with Crippen molar-refractivity contribution >= 4 is 17.6 Å². The quantitative estimate of drug-likeness (QED) is 0.880. The summed E-state index contributed by atoms with van der Waals surface area (Å²) in [6.07, 6.45) is 2.68. The first-order valence-corrected chi connectivity index (χ1v) is 6.88. The van der Waals surface area contributed by atoms with Gasteiger partial charge < -0.3 is 15.2 Å². The van der Waals surface area contributed by atoms with Crippen molar-refractivity contribution < 1.29 is 19.4 Å². The van der Waals surface area contributed by atoms with Crippen molar-refractivity contribution in [3.63, 3.8) is 0 Å². The molecule has 3 rings (SSSR count). The Morgan fingerprint density at radius 1 is 1.25 bits per heavy atom. The van der Waals surface area contributed by atoms with Crippen LogP contribution in [-0.2, 0) is 19.7 Å². The van der Waals surface area contributed by atoms with Crippen LogP contribution in [0.5, 0.6) is 0 Å². The van der Waals surface area contributed by atoms with E-state index in [2.05, 4.69) is 5.32 Å². The molecule has 0 radical (unpaired) electrons. The van der Waals surface area contributed by atoms with E-state index in [4.69, 9.17) is 4.74 Å². The van der Waals surface area contributed by atoms with E-state index >= 15 is 0 Å². The number of rotatable bonds is 4. The Hall–Kier alpha value is -1.88. The van der Waals surface area contributed by atoms with Crippen LogP contribution in [0.3, 0.4) is 0 Å². The van der Waals surface area contributed by atoms with Crippen molar-refractivity contribution in [3.8, 4) is 0 Å². The monoisotopic (exact) mass is 275 g/mol. The van der Waals surface area contributed by atoms with Gasteiger partial charge >= 0.3 is 5.97 Å². The Labute approximate surface area is 116 Å². The molecule has 1 heterocycles. The largest absolute Gasteiger partial charge is 0.481 e. The first kappa shape index (κ1) is 13.1. The van der Waals surface area contributed by atoms with Gasteiger partial charge in [0.2, 0.25) is 0 Å². The molecule has 1 aromatic rings. The summed E-state index contributed by atoms with van der Waals surface area (Å²) in [5, 5.41) is 12.0. The highest BCUT2D eigenvalue weighted by Gasteiger charge is 2.51. The van der Waals surface area contributed by atoms with Gasteiger partial charge in [-0.25, -0.2) is 0 Å². The first-order valence-electron chi connectivity index (χ1n) is 6.88. The van der Waals surface area contributed by atoms with Crippen molar-refractivity contribution in [1.82, 2.24) is 0 Å². The lowest BCUT2D eigenvalue weighted by Crippen LogP contribution is -2.26. The predicted molar refractivity (Wildman–Crippen MR) is 72.6 cm³/mol. The molecule has 0 bridgehead atoms. The number of anilines is 1. The zero-order valence-corrected chi connectivity index (χ0v) is 11.1. The van der Waals surface area contributed by atoms with Gasteiger partial charge in [-0.2, -0.15) is 0 Å². The van der Waals surface area contributed by atoms with E-state index in [0.29, 0.717) is 25.1 Å². The predicted octanol–water partition coefficient (Wildman–Crippen LogP) is 1.92. The molecule has 1 saturated heterocycles. The summed E-state index contributed by atoms with van der Waals surface area (Å²) in [6.45, 7) is 0.637. The molecule has 0 spiro atoms. The fourth-order valence-corrected chi connectivity index (χ4v) is 2.63. The average Bonchev–Trinajstić information content (AvgIpc) is 3.07. The lowest BCUT2D eigenvalue weighted by Gasteiger charge is -2.13. The van der Waals surface area contributed by atoms with E-state index in [1.54, 1.807) is 24.3 Å². The summed E-state index contributed by atoms with van der Waals surface area (Å²) in [6, 6.07) is 7.08. The van der Waals surface area contributed by atoms with Gasteiger partial charge in [-0.1, -0.05) is 12.1 Å². The highest BCUT2D eigenvalue weighted by Crippen LogP contribution is 2.48. The van der Waals surface area contributed by atoms with Gasteiger partial charge in [-0.05, 0) is 43.4 Å². The van der Waals surface area contributed by atoms with Crippen molar-refractivity contribution in [1.29, 1.82) is 0 Å². The molecule has 106 valence electrons. The molecule has 0 aromatic heterocycles. The van der Waals surface area contributed by atoms with E-state index < -0.39 is 11.4 Å². The van der Waals surface area contributed by atoms with E-state index in [-0.39, 0.29) is 12.0 Å². The SMILES string of the molecule is O=C(Nc1ccc(C2(C(=O)O)CC2)cc1)[C@H]1CCCO1. The first-order chi connectivity index (χ1) is 9.62. The lowest BCUT2D eigenvalue weighted by molar-refractivity contribution is -0.140.